The van der Waals surface area contributed by atoms with Gasteiger partial charge >= 0.3 is 12.5 Å². The Bertz CT molecular complexity index is 1110. The molecule has 0 N–H and O–H groups in total. The van der Waals surface area contributed by atoms with Gasteiger partial charge in [0.15, 0.2) is 11.6 Å². The quantitative estimate of drug-likeness (QED) is 0.371. The molecule has 3 rings (SSSR count). The highest BCUT2D eigenvalue weighted by atomic mass is 19.4. The van der Waals surface area contributed by atoms with E-state index in [4.69, 9.17) is 0 Å². The number of halogens is 10. The van der Waals surface area contributed by atoms with Crippen molar-refractivity contribution >= 4 is 0 Å². The Morgan fingerprint density at radius 3 is 1.66 bits per heavy atom. The molecule has 0 aliphatic heterocycles. The maximum atomic E-state index is 14.4. The van der Waals surface area contributed by atoms with E-state index in [9.17, 15) is 43.9 Å². The van der Waals surface area contributed by atoms with E-state index in [0.29, 0.717) is 12.1 Å². The Morgan fingerprint density at radius 2 is 1.16 bits per heavy atom. The van der Waals surface area contributed by atoms with Crippen LogP contribution >= 0.6 is 0 Å². The molecule has 0 aliphatic carbocycles. The number of ether oxygens (including phenoxy) is 2. The van der Waals surface area contributed by atoms with Gasteiger partial charge in [0.2, 0.25) is 5.75 Å². The Morgan fingerprint density at radius 1 is 0.594 bits per heavy atom. The van der Waals surface area contributed by atoms with E-state index in [0.717, 1.165) is 12.1 Å². The molecule has 0 saturated heterocycles. The predicted octanol–water partition coefficient (Wildman–Crippen LogP) is 7.08. The van der Waals surface area contributed by atoms with Crippen LogP contribution < -0.4 is 9.47 Å². The normalized spacial score (nSPS) is 12.1. The first-order valence-corrected chi connectivity index (χ1v) is 8.34. The molecule has 2 nitrogen and oxygen atoms in total. The highest BCUT2D eigenvalue weighted by Crippen LogP contribution is 2.39. The van der Waals surface area contributed by atoms with Gasteiger partial charge in [0.25, 0.3) is 0 Å². The molecule has 32 heavy (non-hydrogen) atoms. The maximum absolute atomic E-state index is 14.4. The summed E-state index contributed by atoms with van der Waals surface area (Å²) in [5.74, 6) is -11.9. The van der Waals surface area contributed by atoms with Crippen LogP contribution in [0.25, 0.3) is 11.1 Å². The third-order valence-electron chi connectivity index (χ3n) is 3.93. The van der Waals surface area contributed by atoms with E-state index in [1.165, 1.54) is 12.1 Å². The average Bonchev–Trinajstić information content (AvgIpc) is 2.63. The lowest BCUT2D eigenvalue weighted by Gasteiger charge is -2.20. The van der Waals surface area contributed by atoms with Crippen LogP contribution in [-0.2, 0) is 6.11 Å². The molecule has 170 valence electrons. The van der Waals surface area contributed by atoms with Gasteiger partial charge in [-0.05, 0) is 35.4 Å². The topological polar surface area (TPSA) is 18.5 Å². The molecule has 0 spiro atoms. The molecular formula is C20H8F10O2. The van der Waals surface area contributed by atoms with Gasteiger partial charge in [-0.3, -0.25) is 0 Å². The summed E-state index contributed by atoms with van der Waals surface area (Å²) in [6, 6.07) is 5.11. The van der Waals surface area contributed by atoms with Gasteiger partial charge in [0, 0.05) is 12.1 Å². The van der Waals surface area contributed by atoms with E-state index in [1.54, 1.807) is 0 Å². The minimum atomic E-state index is -5.48. The molecule has 0 atom stereocenters. The van der Waals surface area contributed by atoms with E-state index in [-0.39, 0.29) is 23.3 Å². The Hall–Kier alpha value is -3.44. The van der Waals surface area contributed by atoms with Gasteiger partial charge in [0.05, 0.1) is 0 Å². The molecule has 0 saturated carbocycles. The summed E-state index contributed by atoms with van der Waals surface area (Å²) in [5.41, 5.74) is -2.29. The lowest BCUT2D eigenvalue weighted by Crippen LogP contribution is -2.25. The summed E-state index contributed by atoms with van der Waals surface area (Å²) in [4.78, 5) is 0. The molecule has 12 heteroatoms. The first-order valence-electron chi connectivity index (χ1n) is 8.34. The molecule has 0 fully saturated rings. The second-order valence-electron chi connectivity index (χ2n) is 6.21. The minimum Gasteiger partial charge on any atom is -0.429 e. The smallest absolute Gasteiger partial charge is 0.429 e. The monoisotopic (exact) mass is 470 g/mol. The molecule has 0 amide bonds. The van der Waals surface area contributed by atoms with Crippen molar-refractivity contribution < 1.29 is 53.4 Å². The molecule has 0 unspecified atom stereocenters. The van der Waals surface area contributed by atoms with Gasteiger partial charge in [-0.15, -0.1) is 13.2 Å². The van der Waals surface area contributed by atoms with Gasteiger partial charge in [-0.1, -0.05) is 12.1 Å². The summed E-state index contributed by atoms with van der Waals surface area (Å²) in [6.45, 7) is 0. The van der Waals surface area contributed by atoms with Crippen LogP contribution in [0.5, 0.6) is 11.5 Å². The Kier molecular flexibility index (Phi) is 5.98. The summed E-state index contributed by atoms with van der Waals surface area (Å²) in [7, 11) is 0. The third-order valence-corrected chi connectivity index (χ3v) is 3.93. The summed E-state index contributed by atoms with van der Waals surface area (Å²) in [5, 5.41) is 0. The molecule has 3 aromatic carbocycles. The van der Waals surface area contributed by atoms with Crippen molar-refractivity contribution in [3.05, 3.63) is 83.2 Å². The van der Waals surface area contributed by atoms with Crippen molar-refractivity contribution in [2.45, 2.75) is 12.5 Å². The first kappa shape index (κ1) is 23.2. The number of benzene rings is 3. The first-order chi connectivity index (χ1) is 14.8. The average molecular weight is 470 g/mol. The highest BCUT2D eigenvalue weighted by molar-refractivity contribution is 5.64. The molecule has 0 aromatic heterocycles. The number of hydrogen-bond donors (Lipinski definition) is 0. The van der Waals surface area contributed by atoms with Crippen molar-refractivity contribution in [3.8, 4) is 22.6 Å². The van der Waals surface area contributed by atoms with Crippen molar-refractivity contribution in [1.29, 1.82) is 0 Å². The van der Waals surface area contributed by atoms with Crippen LogP contribution in [0.2, 0.25) is 0 Å². The SMILES string of the molecule is Fc1cccc(-c2cc(F)c(C(F)(F)Oc3cc(F)c(OC(F)(F)F)c(F)c3)c(F)c2)c1. The zero-order valence-electron chi connectivity index (χ0n) is 15.2. The second kappa shape index (κ2) is 8.24. The molecule has 0 bridgehead atoms. The Balaban J connectivity index is 1.95. The van der Waals surface area contributed by atoms with Crippen molar-refractivity contribution in [3.63, 3.8) is 0 Å². The number of rotatable bonds is 5. The fourth-order valence-electron chi connectivity index (χ4n) is 2.69. The summed E-state index contributed by atoms with van der Waals surface area (Å²) in [6.07, 6.45) is -10.3. The minimum absolute atomic E-state index is 0.0389. The van der Waals surface area contributed by atoms with Gasteiger partial charge < -0.3 is 9.47 Å². The van der Waals surface area contributed by atoms with Gasteiger partial charge in [0.1, 0.15) is 28.8 Å². The highest BCUT2D eigenvalue weighted by Gasteiger charge is 2.42. The lowest BCUT2D eigenvalue weighted by molar-refractivity contribution is -0.276. The zero-order chi connectivity index (χ0) is 23.8. The van der Waals surface area contributed by atoms with E-state index < -0.39 is 58.6 Å². The molecule has 0 heterocycles. The van der Waals surface area contributed by atoms with Gasteiger partial charge in [-0.2, -0.15) is 8.78 Å². The third kappa shape index (κ3) is 5.06. The molecular weight excluding hydrogens is 462 g/mol. The molecule has 0 aliphatic rings. The summed E-state index contributed by atoms with van der Waals surface area (Å²) >= 11 is 0. The van der Waals surface area contributed by atoms with E-state index >= 15 is 0 Å². The Labute approximate surface area is 172 Å². The van der Waals surface area contributed by atoms with Crippen LogP contribution in [0.1, 0.15) is 5.56 Å². The fraction of sp³-hybridized carbons (Fsp3) is 0.100. The molecule has 3 aromatic rings. The number of hydrogen-bond acceptors (Lipinski definition) is 2. The van der Waals surface area contributed by atoms with Crippen molar-refractivity contribution in [1.82, 2.24) is 0 Å². The van der Waals surface area contributed by atoms with Crippen molar-refractivity contribution in [2.24, 2.45) is 0 Å². The van der Waals surface area contributed by atoms with E-state index in [1.807, 2.05) is 0 Å². The van der Waals surface area contributed by atoms with E-state index in [2.05, 4.69) is 9.47 Å². The van der Waals surface area contributed by atoms with Crippen LogP contribution in [-0.4, -0.2) is 6.36 Å². The maximum Gasteiger partial charge on any atom is 0.573 e. The second-order valence-corrected chi connectivity index (χ2v) is 6.21. The largest absolute Gasteiger partial charge is 0.573 e. The van der Waals surface area contributed by atoms with Crippen LogP contribution in [0, 0.1) is 29.1 Å². The summed E-state index contributed by atoms with van der Waals surface area (Å²) < 4.78 is 142. The zero-order valence-corrected chi connectivity index (χ0v) is 15.2. The van der Waals surface area contributed by atoms with Crippen LogP contribution in [0.4, 0.5) is 43.9 Å². The van der Waals surface area contributed by atoms with Crippen molar-refractivity contribution in [2.75, 3.05) is 0 Å². The standard InChI is InChI=1S/C20H8F10O2/c21-11-3-1-2-9(4-11)10-5-13(22)17(14(23)6-10)19(26,27)31-12-7-15(24)18(16(25)8-12)32-20(28,29)30/h1-8H. The fourth-order valence-corrected chi connectivity index (χ4v) is 2.69. The predicted molar refractivity (Wildman–Crippen MR) is 89.3 cm³/mol. The van der Waals surface area contributed by atoms with Crippen LogP contribution in [0.3, 0.4) is 0 Å². The number of alkyl halides is 5. The van der Waals surface area contributed by atoms with Gasteiger partial charge in [-0.25, -0.2) is 22.0 Å². The van der Waals surface area contributed by atoms with Crippen LogP contribution in [0.15, 0.2) is 48.5 Å². The molecule has 0 radical (unpaired) electrons. The lowest BCUT2D eigenvalue weighted by atomic mass is 10.0.